The quantitative estimate of drug-likeness (QED) is 0.741. The summed E-state index contributed by atoms with van der Waals surface area (Å²) in [6, 6.07) is 4.22. The summed E-state index contributed by atoms with van der Waals surface area (Å²) >= 11 is 1.49. The zero-order valence-corrected chi connectivity index (χ0v) is 15.7. The summed E-state index contributed by atoms with van der Waals surface area (Å²) in [6.07, 6.45) is 7.94. The van der Waals surface area contributed by atoms with Crippen LogP contribution in [0.2, 0.25) is 0 Å². The fourth-order valence-corrected chi connectivity index (χ4v) is 4.06. The topological polar surface area (TPSA) is 63.9 Å². The van der Waals surface area contributed by atoms with E-state index in [9.17, 15) is 4.79 Å². The van der Waals surface area contributed by atoms with Gasteiger partial charge in [-0.15, -0.1) is 10.2 Å². The first-order valence-electron chi connectivity index (χ1n) is 8.96. The number of pyridine rings is 1. The summed E-state index contributed by atoms with van der Waals surface area (Å²) < 4.78 is 2.10. The Morgan fingerprint density at radius 2 is 2.08 bits per heavy atom. The maximum absolute atomic E-state index is 12.6. The van der Waals surface area contributed by atoms with Crippen molar-refractivity contribution in [1.82, 2.24) is 24.6 Å². The molecule has 2 aromatic rings. The summed E-state index contributed by atoms with van der Waals surface area (Å²) in [7, 11) is 0. The lowest BCUT2D eigenvalue weighted by Gasteiger charge is -2.33. The van der Waals surface area contributed by atoms with Gasteiger partial charge in [-0.05, 0) is 44.7 Å². The molecule has 6 nitrogen and oxygen atoms in total. The lowest BCUT2D eigenvalue weighted by molar-refractivity contribution is -0.131. The lowest BCUT2D eigenvalue weighted by Crippen LogP contribution is -2.43. The molecule has 3 rings (SSSR count). The first kappa shape index (κ1) is 17.9. The van der Waals surface area contributed by atoms with Gasteiger partial charge >= 0.3 is 0 Å². The van der Waals surface area contributed by atoms with Crippen LogP contribution in [-0.4, -0.2) is 48.9 Å². The highest BCUT2D eigenvalue weighted by Crippen LogP contribution is 2.25. The Labute approximate surface area is 153 Å². The Balaban J connectivity index is 1.72. The van der Waals surface area contributed by atoms with E-state index < -0.39 is 0 Å². The van der Waals surface area contributed by atoms with E-state index in [1.54, 1.807) is 12.4 Å². The van der Waals surface area contributed by atoms with Crippen LogP contribution in [0.3, 0.4) is 0 Å². The smallest absolute Gasteiger partial charge is 0.233 e. The number of likely N-dealkylation sites (tertiary alicyclic amines) is 1. The first-order valence-corrected chi connectivity index (χ1v) is 9.95. The van der Waals surface area contributed by atoms with E-state index in [0.29, 0.717) is 11.8 Å². The molecule has 1 aliphatic rings. The van der Waals surface area contributed by atoms with Crippen LogP contribution in [0.1, 0.15) is 39.5 Å². The lowest BCUT2D eigenvalue weighted by atomic mass is 10.0. The van der Waals surface area contributed by atoms with E-state index in [2.05, 4.69) is 33.6 Å². The van der Waals surface area contributed by atoms with Gasteiger partial charge in [-0.3, -0.25) is 9.78 Å². The Morgan fingerprint density at radius 3 is 2.80 bits per heavy atom. The number of carbonyl (C=O) groups excluding carboxylic acids is 1. The van der Waals surface area contributed by atoms with Crippen molar-refractivity contribution in [2.24, 2.45) is 0 Å². The number of carbonyl (C=O) groups is 1. The van der Waals surface area contributed by atoms with Crippen molar-refractivity contribution in [2.45, 2.75) is 57.3 Å². The molecule has 0 saturated carbocycles. The van der Waals surface area contributed by atoms with Gasteiger partial charge in [0.2, 0.25) is 5.91 Å². The molecule has 1 fully saturated rings. The second kappa shape index (κ2) is 8.47. The summed E-state index contributed by atoms with van der Waals surface area (Å²) in [5.74, 6) is 1.46. The molecule has 1 saturated heterocycles. The minimum Gasteiger partial charge on any atom is -0.339 e. The van der Waals surface area contributed by atoms with Crippen molar-refractivity contribution in [2.75, 3.05) is 12.3 Å². The molecule has 1 amide bonds. The third kappa shape index (κ3) is 4.21. The van der Waals surface area contributed by atoms with Gasteiger partial charge in [0.1, 0.15) is 0 Å². The number of thioether (sulfide) groups is 1. The van der Waals surface area contributed by atoms with Crippen LogP contribution >= 0.6 is 11.8 Å². The molecule has 7 heteroatoms. The maximum atomic E-state index is 12.6. The number of amides is 1. The van der Waals surface area contributed by atoms with Crippen LogP contribution in [0.15, 0.2) is 29.7 Å². The SMILES string of the molecule is CCCn1c(SCC(=O)N2CCCCC2C)nnc1-c1ccncc1. The van der Waals surface area contributed by atoms with Gasteiger partial charge in [0.25, 0.3) is 0 Å². The molecule has 1 aliphatic heterocycles. The van der Waals surface area contributed by atoms with Gasteiger partial charge in [0.05, 0.1) is 5.75 Å². The zero-order chi connectivity index (χ0) is 17.6. The summed E-state index contributed by atoms with van der Waals surface area (Å²) in [6.45, 7) is 5.99. The summed E-state index contributed by atoms with van der Waals surface area (Å²) in [4.78, 5) is 18.6. The van der Waals surface area contributed by atoms with E-state index >= 15 is 0 Å². The van der Waals surface area contributed by atoms with E-state index in [1.807, 2.05) is 17.0 Å². The molecular weight excluding hydrogens is 334 g/mol. The fraction of sp³-hybridized carbons (Fsp3) is 0.556. The third-order valence-corrected chi connectivity index (χ3v) is 5.50. The molecule has 0 aliphatic carbocycles. The highest BCUT2D eigenvalue weighted by Gasteiger charge is 2.24. The highest BCUT2D eigenvalue weighted by molar-refractivity contribution is 7.99. The second-order valence-corrected chi connectivity index (χ2v) is 7.36. The largest absolute Gasteiger partial charge is 0.339 e. The molecular formula is C18H25N5OS. The van der Waals surface area contributed by atoms with E-state index in [-0.39, 0.29) is 5.91 Å². The fourth-order valence-electron chi connectivity index (χ4n) is 3.21. The van der Waals surface area contributed by atoms with Crippen molar-refractivity contribution < 1.29 is 4.79 Å². The molecule has 0 bridgehead atoms. The molecule has 1 unspecified atom stereocenters. The van der Waals surface area contributed by atoms with Gasteiger partial charge in [0, 0.05) is 37.1 Å². The summed E-state index contributed by atoms with van der Waals surface area (Å²) in [5, 5.41) is 9.49. The van der Waals surface area contributed by atoms with Gasteiger partial charge in [-0.1, -0.05) is 18.7 Å². The number of hydrogen-bond donors (Lipinski definition) is 0. The van der Waals surface area contributed by atoms with Gasteiger partial charge in [-0.25, -0.2) is 0 Å². The average molecular weight is 359 g/mol. The number of nitrogens with zero attached hydrogens (tertiary/aromatic N) is 5. The highest BCUT2D eigenvalue weighted by atomic mass is 32.2. The second-order valence-electron chi connectivity index (χ2n) is 6.41. The summed E-state index contributed by atoms with van der Waals surface area (Å²) in [5.41, 5.74) is 0.999. The van der Waals surface area contributed by atoms with Crippen LogP contribution < -0.4 is 0 Å². The zero-order valence-electron chi connectivity index (χ0n) is 14.9. The monoisotopic (exact) mass is 359 g/mol. The molecule has 3 heterocycles. The predicted octanol–water partition coefficient (Wildman–Crippen LogP) is 3.24. The number of hydrogen-bond acceptors (Lipinski definition) is 5. The van der Waals surface area contributed by atoms with E-state index in [0.717, 1.165) is 48.9 Å². The molecule has 2 aromatic heterocycles. The number of rotatable bonds is 6. The molecule has 134 valence electrons. The Hall–Kier alpha value is -1.89. The van der Waals surface area contributed by atoms with Crippen molar-refractivity contribution in [3.05, 3.63) is 24.5 Å². The predicted molar refractivity (Wildman–Crippen MR) is 99.3 cm³/mol. The molecule has 0 N–H and O–H groups in total. The average Bonchev–Trinajstić information content (AvgIpc) is 3.04. The van der Waals surface area contributed by atoms with Crippen molar-refractivity contribution >= 4 is 17.7 Å². The minimum absolute atomic E-state index is 0.203. The van der Waals surface area contributed by atoms with Crippen molar-refractivity contribution in [3.8, 4) is 11.4 Å². The molecule has 1 atom stereocenters. The van der Waals surface area contributed by atoms with Gasteiger partial charge in [-0.2, -0.15) is 0 Å². The van der Waals surface area contributed by atoms with Crippen molar-refractivity contribution in [3.63, 3.8) is 0 Å². The van der Waals surface area contributed by atoms with Crippen LogP contribution in [0.25, 0.3) is 11.4 Å². The van der Waals surface area contributed by atoms with Crippen LogP contribution in [-0.2, 0) is 11.3 Å². The molecule has 0 spiro atoms. The Kier molecular flexibility index (Phi) is 6.07. The van der Waals surface area contributed by atoms with E-state index in [4.69, 9.17) is 0 Å². The molecule has 0 radical (unpaired) electrons. The maximum Gasteiger partial charge on any atom is 0.233 e. The van der Waals surface area contributed by atoms with Gasteiger partial charge < -0.3 is 9.47 Å². The standard InChI is InChI=1S/C18H25N5OS/c1-3-11-23-17(15-7-9-19-10-8-15)20-21-18(23)25-13-16(24)22-12-5-4-6-14(22)2/h7-10,14H,3-6,11-13H2,1-2H3. The Bertz CT molecular complexity index is 703. The minimum atomic E-state index is 0.203. The molecule has 0 aromatic carbocycles. The van der Waals surface area contributed by atoms with Crippen LogP contribution in [0.4, 0.5) is 0 Å². The normalized spacial score (nSPS) is 17.7. The number of piperidine rings is 1. The first-order chi connectivity index (χ1) is 12.2. The Morgan fingerprint density at radius 1 is 1.28 bits per heavy atom. The van der Waals surface area contributed by atoms with Crippen LogP contribution in [0.5, 0.6) is 0 Å². The van der Waals surface area contributed by atoms with E-state index in [1.165, 1.54) is 18.2 Å². The third-order valence-electron chi connectivity index (χ3n) is 4.55. The number of aromatic nitrogens is 4. The van der Waals surface area contributed by atoms with Crippen LogP contribution in [0, 0.1) is 0 Å². The molecule has 25 heavy (non-hydrogen) atoms. The van der Waals surface area contributed by atoms with Gasteiger partial charge in [0.15, 0.2) is 11.0 Å². The van der Waals surface area contributed by atoms with Crippen molar-refractivity contribution in [1.29, 1.82) is 0 Å².